The molecule has 1 N–H and O–H groups in total. The van der Waals surface area contributed by atoms with E-state index in [1.54, 1.807) is 6.07 Å². The maximum atomic E-state index is 13.7. The molecule has 0 saturated carbocycles. The molecule has 6 heteroatoms. The Bertz CT molecular complexity index is 450. The number of alkyl halides is 2. The van der Waals surface area contributed by atoms with Crippen LogP contribution in [0.3, 0.4) is 0 Å². The molecule has 0 saturated heterocycles. The molecule has 0 radical (unpaired) electrons. The van der Waals surface area contributed by atoms with Gasteiger partial charge in [0.15, 0.2) is 0 Å². The summed E-state index contributed by atoms with van der Waals surface area (Å²) >= 11 is 3.16. The number of fused-ring (bicyclic) bond motifs is 1. The van der Waals surface area contributed by atoms with Crippen LogP contribution < -0.4 is 0 Å². The van der Waals surface area contributed by atoms with E-state index in [4.69, 9.17) is 5.11 Å². The van der Waals surface area contributed by atoms with E-state index in [9.17, 15) is 13.6 Å². The number of hydrogen-bond acceptors (Lipinski definition) is 1. The van der Waals surface area contributed by atoms with Gasteiger partial charge in [-0.1, -0.05) is 28.1 Å². The van der Waals surface area contributed by atoms with Crippen LogP contribution in [0.4, 0.5) is 13.6 Å². The van der Waals surface area contributed by atoms with Gasteiger partial charge in [-0.3, -0.25) is 4.90 Å². The summed E-state index contributed by atoms with van der Waals surface area (Å²) in [7, 11) is 0. The molecule has 1 aromatic carbocycles. The molecule has 0 aliphatic carbocycles. The minimum absolute atomic E-state index is 0.0122. The third-order valence-electron chi connectivity index (χ3n) is 2.52. The monoisotopic (exact) mass is 291 g/mol. The van der Waals surface area contributed by atoms with Crippen LogP contribution >= 0.6 is 15.9 Å². The predicted molar refractivity (Wildman–Crippen MR) is 56.5 cm³/mol. The smallest absolute Gasteiger partial charge is 0.407 e. The van der Waals surface area contributed by atoms with Gasteiger partial charge in [-0.25, -0.2) is 4.79 Å². The lowest BCUT2D eigenvalue weighted by Crippen LogP contribution is -2.43. The van der Waals surface area contributed by atoms with Crippen molar-refractivity contribution in [3.63, 3.8) is 0 Å². The van der Waals surface area contributed by atoms with Gasteiger partial charge in [0.1, 0.15) is 0 Å². The van der Waals surface area contributed by atoms with Crippen molar-refractivity contribution in [2.24, 2.45) is 0 Å². The molecular weight excluding hydrogens is 284 g/mol. The average molecular weight is 292 g/mol. The van der Waals surface area contributed by atoms with Gasteiger partial charge >= 0.3 is 6.09 Å². The summed E-state index contributed by atoms with van der Waals surface area (Å²) in [5.41, 5.74) is 0.237. The van der Waals surface area contributed by atoms with Gasteiger partial charge in [-0.15, -0.1) is 0 Å². The Morgan fingerprint density at radius 2 is 2.19 bits per heavy atom. The van der Waals surface area contributed by atoms with Crippen LogP contribution in [0.2, 0.25) is 0 Å². The highest BCUT2D eigenvalue weighted by atomic mass is 79.9. The molecule has 0 fully saturated rings. The minimum atomic E-state index is -3.13. The largest absolute Gasteiger partial charge is 0.465 e. The Hall–Kier alpha value is -1.17. The van der Waals surface area contributed by atoms with Crippen molar-refractivity contribution >= 4 is 22.0 Å². The van der Waals surface area contributed by atoms with Crippen molar-refractivity contribution < 1.29 is 18.7 Å². The maximum Gasteiger partial charge on any atom is 0.407 e. The van der Waals surface area contributed by atoms with E-state index < -0.39 is 18.6 Å². The molecule has 3 nitrogen and oxygen atoms in total. The first-order valence-electron chi connectivity index (χ1n) is 4.55. The Balaban J connectivity index is 2.51. The molecule has 1 aliphatic heterocycles. The molecule has 86 valence electrons. The van der Waals surface area contributed by atoms with Crippen LogP contribution in [-0.2, 0) is 12.5 Å². The summed E-state index contributed by atoms with van der Waals surface area (Å²) in [6, 6.07) is 4.48. The molecule has 2 rings (SSSR count). The van der Waals surface area contributed by atoms with E-state index in [0.29, 0.717) is 14.9 Å². The number of amides is 1. The molecule has 0 bridgehead atoms. The van der Waals surface area contributed by atoms with E-state index in [1.165, 1.54) is 12.1 Å². The van der Waals surface area contributed by atoms with Crippen LogP contribution in [0.15, 0.2) is 22.7 Å². The van der Waals surface area contributed by atoms with Gasteiger partial charge in [0.25, 0.3) is 5.92 Å². The van der Waals surface area contributed by atoms with Gasteiger partial charge in [-0.05, 0) is 11.6 Å². The van der Waals surface area contributed by atoms with Crippen LogP contribution in [-0.4, -0.2) is 22.6 Å². The van der Waals surface area contributed by atoms with Crippen molar-refractivity contribution in [2.75, 3.05) is 6.54 Å². The number of rotatable bonds is 0. The molecule has 16 heavy (non-hydrogen) atoms. The van der Waals surface area contributed by atoms with Crippen LogP contribution in [0, 0.1) is 0 Å². The fourth-order valence-electron chi connectivity index (χ4n) is 1.77. The van der Waals surface area contributed by atoms with Crippen molar-refractivity contribution in [3.8, 4) is 0 Å². The number of halogens is 3. The first-order valence-corrected chi connectivity index (χ1v) is 5.34. The average Bonchev–Trinajstić information content (AvgIpc) is 2.18. The number of carboxylic acid groups (broad SMARTS) is 1. The quantitative estimate of drug-likeness (QED) is 0.798. The number of benzene rings is 1. The van der Waals surface area contributed by atoms with Gasteiger partial charge < -0.3 is 5.11 Å². The summed E-state index contributed by atoms with van der Waals surface area (Å²) in [5, 5.41) is 8.76. The fourth-order valence-corrected chi connectivity index (χ4v) is 2.26. The molecule has 0 aromatic heterocycles. The van der Waals surface area contributed by atoms with Crippen molar-refractivity contribution in [1.29, 1.82) is 0 Å². The third kappa shape index (κ3) is 1.77. The van der Waals surface area contributed by atoms with Gasteiger partial charge in [0, 0.05) is 10.0 Å². The molecule has 0 unspecified atom stereocenters. The predicted octanol–water partition coefficient (Wildman–Crippen LogP) is 3.03. The minimum Gasteiger partial charge on any atom is -0.465 e. The lowest BCUT2D eigenvalue weighted by Gasteiger charge is -2.33. The Kier molecular flexibility index (Phi) is 2.61. The van der Waals surface area contributed by atoms with E-state index >= 15 is 0 Å². The molecule has 0 atom stereocenters. The molecule has 1 heterocycles. The number of carbonyl (C=O) groups is 1. The van der Waals surface area contributed by atoms with Crippen molar-refractivity contribution in [1.82, 2.24) is 4.90 Å². The van der Waals surface area contributed by atoms with E-state index in [0.717, 1.165) is 0 Å². The Morgan fingerprint density at radius 3 is 2.81 bits per heavy atom. The Morgan fingerprint density at radius 1 is 1.50 bits per heavy atom. The molecule has 0 spiro atoms. The summed E-state index contributed by atoms with van der Waals surface area (Å²) in [4.78, 5) is 11.5. The summed E-state index contributed by atoms with van der Waals surface area (Å²) in [5.74, 6) is -3.13. The summed E-state index contributed by atoms with van der Waals surface area (Å²) < 4.78 is 27.8. The summed E-state index contributed by atoms with van der Waals surface area (Å²) in [6.07, 6.45) is -1.33. The zero-order valence-corrected chi connectivity index (χ0v) is 9.67. The second-order valence-electron chi connectivity index (χ2n) is 3.61. The zero-order valence-electron chi connectivity index (χ0n) is 8.08. The third-order valence-corrected chi connectivity index (χ3v) is 3.26. The van der Waals surface area contributed by atoms with E-state index in [1.807, 2.05) is 0 Å². The van der Waals surface area contributed by atoms with Gasteiger partial charge in [-0.2, -0.15) is 8.78 Å². The van der Waals surface area contributed by atoms with Crippen molar-refractivity contribution in [2.45, 2.75) is 12.5 Å². The van der Waals surface area contributed by atoms with Gasteiger partial charge in [0.05, 0.1) is 13.1 Å². The first-order chi connectivity index (χ1) is 7.42. The van der Waals surface area contributed by atoms with Gasteiger partial charge in [0.2, 0.25) is 0 Å². The molecule has 1 aliphatic rings. The SMILES string of the molecule is O=C(O)N1Cc2c(Br)cccc2C(F)(F)C1. The summed E-state index contributed by atoms with van der Waals surface area (Å²) in [6.45, 7) is -0.798. The molecule has 1 amide bonds. The first kappa shape index (κ1) is 11.3. The highest BCUT2D eigenvalue weighted by molar-refractivity contribution is 9.10. The maximum absolute atomic E-state index is 13.7. The highest BCUT2D eigenvalue weighted by Crippen LogP contribution is 2.39. The molecular formula is C10H8BrF2NO2. The number of hydrogen-bond donors (Lipinski definition) is 1. The van der Waals surface area contributed by atoms with Crippen LogP contribution in [0.5, 0.6) is 0 Å². The highest BCUT2D eigenvalue weighted by Gasteiger charge is 2.42. The normalized spacial score (nSPS) is 18.1. The lowest BCUT2D eigenvalue weighted by molar-refractivity contribution is -0.0464. The van der Waals surface area contributed by atoms with E-state index in [2.05, 4.69) is 15.9 Å². The second-order valence-corrected chi connectivity index (χ2v) is 4.46. The van der Waals surface area contributed by atoms with Crippen LogP contribution in [0.1, 0.15) is 11.1 Å². The second kappa shape index (κ2) is 3.69. The van der Waals surface area contributed by atoms with Crippen molar-refractivity contribution in [3.05, 3.63) is 33.8 Å². The van der Waals surface area contributed by atoms with E-state index in [-0.39, 0.29) is 12.1 Å². The fraction of sp³-hybridized carbons (Fsp3) is 0.300. The lowest BCUT2D eigenvalue weighted by atomic mass is 9.97. The topological polar surface area (TPSA) is 40.5 Å². The zero-order chi connectivity index (χ0) is 11.9. The Labute approximate surface area is 98.8 Å². The number of nitrogens with zero attached hydrogens (tertiary/aromatic N) is 1. The molecule has 1 aromatic rings. The van der Waals surface area contributed by atoms with Crippen LogP contribution in [0.25, 0.3) is 0 Å². The standard InChI is InChI=1S/C10H8BrF2NO2/c11-8-3-1-2-7-6(8)4-14(9(15)16)5-10(7,12)13/h1-3H,4-5H2,(H,15,16).